The maximum absolute atomic E-state index is 12.2. The molecule has 0 aliphatic carbocycles. The Morgan fingerprint density at radius 2 is 2.10 bits per heavy atom. The number of hydrogen-bond acceptors (Lipinski definition) is 3. The molecule has 1 aromatic carbocycles. The molecule has 5 heteroatoms. The maximum atomic E-state index is 12.2. The Kier molecular flexibility index (Phi) is 7.54. The van der Waals surface area contributed by atoms with Crippen molar-refractivity contribution in [3.05, 3.63) is 29.8 Å². The number of rotatable bonds is 5. The molecule has 0 radical (unpaired) electrons. The molecule has 0 unspecified atom stereocenters. The summed E-state index contributed by atoms with van der Waals surface area (Å²) in [5.74, 6) is 1.08. The predicted molar refractivity (Wildman–Crippen MR) is 87.2 cm³/mol. The molecular formula is C16H25ClN2O2. The lowest BCUT2D eigenvalue weighted by Crippen LogP contribution is -2.44. The summed E-state index contributed by atoms with van der Waals surface area (Å²) in [4.78, 5) is 14.2. The molecule has 4 nitrogen and oxygen atoms in total. The molecule has 1 amide bonds. The molecule has 1 saturated heterocycles. The Balaban J connectivity index is 0.00000220. The van der Waals surface area contributed by atoms with Gasteiger partial charge in [0, 0.05) is 19.5 Å². The Morgan fingerprint density at radius 1 is 1.38 bits per heavy atom. The fourth-order valence-corrected chi connectivity index (χ4v) is 2.65. The molecule has 1 heterocycles. The number of benzene rings is 1. The van der Waals surface area contributed by atoms with Crippen LogP contribution in [0, 0.1) is 0 Å². The van der Waals surface area contributed by atoms with E-state index in [1.54, 1.807) is 7.11 Å². The van der Waals surface area contributed by atoms with Crippen molar-refractivity contribution in [2.75, 3.05) is 27.2 Å². The van der Waals surface area contributed by atoms with E-state index in [9.17, 15) is 4.79 Å². The number of hydrogen-bond donors (Lipinski definition) is 1. The minimum Gasteiger partial charge on any atom is -0.497 e. The van der Waals surface area contributed by atoms with E-state index in [1.807, 2.05) is 36.2 Å². The van der Waals surface area contributed by atoms with Crippen LogP contribution >= 0.6 is 12.4 Å². The summed E-state index contributed by atoms with van der Waals surface area (Å²) >= 11 is 0. The summed E-state index contributed by atoms with van der Waals surface area (Å²) in [5, 5.41) is 3.33. The van der Waals surface area contributed by atoms with Gasteiger partial charge in [-0.1, -0.05) is 12.1 Å². The summed E-state index contributed by atoms with van der Waals surface area (Å²) in [6.07, 6.45) is 3.45. The van der Waals surface area contributed by atoms with E-state index in [2.05, 4.69) is 5.32 Å². The molecule has 0 atom stereocenters. The SMILES string of the molecule is COc1cccc(CCC(=O)N(C)C2CCNCC2)c1.Cl. The summed E-state index contributed by atoms with van der Waals surface area (Å²) in [6.45, 7) is 2.02. The molecule has 1 fully saturated rings. The number of carbonyl (C=O) groups excluding carboxylic acids is 1. The van der Waals surface area contributed by atoms with E-state index in [-0.39, 0.29) is 18.3 Å². The highest BCUT2D eigenvalue weighted by molar-refractivity contribution is 5.85. The minimum absolute atomic E-state index is 0. The molecule has 1 aliphatic heterocycles. The molecule has 21 heavy (non-hydrogen) atoms. The number of aryl methyl sites for hydroxylation is 1. The van der Waals surface area contributed by atoms with Gasteiger partial charge >= 0.3 is 0 Å². The summed E-state index contributed by atoms with van der Waals surface area (Å²) in [7, 11) is 3.60. The van der Waals surface area contributed by atoms with Crippen molar-refractivity contribution >= 4 is 18.3 Å². The van der Waals surface area contributed by atoms with Crippen LogP contribution in [0.4, 0.5) is 0 Å². The van der Waals surface area contributed by atoms with Gasteiger partial charge < -0.3 is 15.0 Å². The molecule has 1 aromatic rings. The standard InChI is InChI=1S/C16H24N2O2.ClH/c1-18(14-8-10-17-11-9-14)16(19)7-6-13-4-3-5-15(12-13)20-2;/h3-5,12,14,17H,6-11H2,1-2H3;1H. The zero-order valence-corrected chi connectivity index (χ0v) is 13.6. The van der Waals surface area contributed by atoms with Crippen molar-refractivity contribution in [2.45, 2.75) is 31.7 Å². The first kappa shape index (κ1) is 17.8. The molecular weight excluding hydrogens is 288 g/mol. The lowest BCUT2D eigenvalue weighted by atomic mass is 10.0. The summed E-state index contributed by atoms with van der Waals surface area (Å²) < 4.78 is 5.20. The molecule has 2 rings (SSSR count). The number of halogens is 1. The highest BCUT2D eigenvalue weighted by Gasteiger charge is 2.21. The van der Waals surface area contributed by atoms with Gasteiger partial charge in [0.1, 0.15) is 5.75 Å². The first-order valence-corrected chi connectivity index (χ1v) is 7.30. The fourth-order valence-electron chi connectivity index (χ4n) is 2.65. The van der Waals surface area contributed by atoms with Crippen LogP contribution in [0.2, 0.25) is 0 Å². The number of carbonyl (C=O) groups is 1. The second-order valence-electron chi connectivity index (χ2n) is 5.34. The van der Waals surface area contributed by atoms with Gasteiger partial charge in [-0.3, -0.25) is 4.79 Å². The molecule has 0 saturated carbocycles. The first-order valence-electron chi connectivity index (χ1n) is 7.30. The van der Waals surface area contributed by atoms with Gasteiger partial charge in [0.05, 0.1) is 7.11 Å². The number of piperidine rings is 1. The van der Waals surface area contributed by atoms with Gasteiger partial charge in [-0.15, -0.1) is 12.4 Å². The van der Waals surface area contributed by atoms with Crippen molar-refractivity contribution in [1.82, 2.24) is 10.2 Å². The Labute approximate surface area is 133 Å². The molecule has 0 bridgehead atoms. The lowest BCUT2D eigenvalue weighted by molar-refractivity contribution is -0.132. The van der Waals surface area contributed by atoms with Crippen molar-refractivity contribution < 1.29 is 9.53 Å². The molecule has 1 aliphatic rings. The Bertz CT molecular complexity index is 448. The Hall–Kier alpha value is -1.26. The molecule has 118 valence electrons. The van der Waals surface area contributed by atoms with Crippen LogP contribution in [0.5, 0.6) is 5.75 Å². The molecule has 1 N–H and O–H groups in total. The first-order chi connectivity index (χ1) is 9.70. The third-order valence-corrected chi connectivity index (χ3v) is 4.01. The van der Waals surface area contributed by atoms with E-state index < -0.39 is 0 Å². The third kappa shape index (κ3) is 5.21. The quantitative estimate of drug-likeness (QED) is 0.907. The average Bonchev–Trinajstić information content (AvgIpc) is 2.53. The van der Waals surface area contributed by atoms with Crippen molar-refractivity contribution in [3.63, 3.8) is 0 Å². The van der Waals surface area contributed by atoms with Gasteiger partial charge in [0.15, 0.2) is 0 Å². The number of nitrogens with zero attached hydrogens (tertiary/aromatic N) is 1. The van der Waals surface area contributed by atoms with Gasteiger partial charge in [-0.2, -0.15) is 0 Å². The monoisotopic (exact) mass is 312 g/mol. The highest BCUT2D eigenvalue weighted by atomic mass is 35.5. The normalized spacial score (nSPS) is 15.1. The van der Waals surface area contributed by atoms with Crippen molar-refractivity contribution in [1.29, 1.82) is 0 Å². The summed E-state index contributed by atoms with van der Waals surface area (Å²) in [5.41, 5.74) is 1.15. The van der Waals surface area contributed by atoms with Gasteiger partial charge in [-0.05, 0) is 50.0 Å². The number of ether oxygens (including phenoxy) is 1. The van der Waals surface area contributed by atoms with Gasteiger partial charge in [0.25, 0.3) is 0 Å². The van der Waals surface area contributed by atoms with Crippen LogP contribution in [-0.4, -0.2) is 44.1 Å². The van der Waals surface area contributed by atoms with Crippen molar-refractivity contribution in [2.24, 2.45) is 0 Å². The van der Waals surface area contributed by atoms with E-state index in [1.165, 1.54) is 0 Å². The summed E-state index contributed by atoms with van der Waals surface area (Å²) in [6, 6.07) is 8.33. The Morgan fingerprint density at radius 3 is 2.76 bits per heavy atom. The zero-order valence-electron chi connectivity index (χ0n) is 12.8. The second-order valence-corrected chi connectivity index (χ2v) is 5.34. The van der Waals surface area contributed by atoms with E-state index in [0.29, 0.717) is 12.5 Å². The van der Waals surface area contributed by atoms with Gasteiger partial charge in [-0.25, -0.2) is 0 Å². The second kappa shape index (κ2) is 8.90. The lowest BCUT2D eigenvalue weighted by Gasteiger charge is -2.31. The number of methoxy groups -OCH3 is 1. The molecule has 0 aromatic heterocycles. The van der Waals surface area contributed by atoms with Crippen LogP contribution in [0.1, 0.15) is 24.8 Å². The zero-order chi connectivity index (χ0) is 14.4. The number of amides is 1. The minimum atomic E-state index is 0. The third-order valence-electron chi connectivity index (χ3n) is 4.01. The van der Waals surface area contributed by atoms with E-state index in [0.717, 1.165) is 43.7 Å². The number of nitrogens with one attached hydrogen (secondary N) is 1. The average molecular weight is 313 g/mol. The molecule has 0 spiro atoms. The van der Waals surface area contributed by atoms with Crippen LogP contribution < -0.4 is 10.1 Å². The smallest absolute Gasteiger partial charge is 0.222 e. The fraction of sp³-hybridized carbons (Fsp3) is 0.562. The van der Waals surface area contributed by atoms with Crippen LogP contribution in [-0.2, 0) is 11.2 Å². The van der Waals surface area contributed by atoms with Crippen molar-refractivity contribution in [3.8, 4) is 5.75 Å². The van der Waals surface area contributed by atoms with Crippen LogP contribution in [0.15, 0.2) is 24.3 Å². The van der Waals surface area contributed by atoms with E-state index in [4.69, 9.17) is 4.74 Å². The highest BCUT2D eigenvalue weighted by Crippen LogP contribution is 2.16. The predicted octanol–water partition coefficient (Wildman–Crippen LogP) is 2.26. The maximum Gasteiger partial charge on any atom is 0.222 e. The van der Waals surface area contributed by atoms with Crippen LogP contribution in [0.3, 0.4) is 0 Å². The topological polar surface area (TPSA) is 41.6 Å². The van der Waals surface area contributed by atoms with Crippen LogP contribution in [0.25, 0.3) is 0 Å². The van der Waals surface area contributed by atoms with Gasteiger partial charge in [0.2, 0.25) is 5.91 Å². The van der Waals surface area contributed by atoms with E-state index >= 15 is 0 Å². The largest absolute Gasteiger partial charge is 0.497 e.